The van der Waals surface area contributed by atoms with Crippen molar-refractivity contribution in [3.05, 3.63) is 59.2 Å². The van der Waals surface area contributed by atoms with Crippen LogP contribution in [-0.4, -0.2) is 40.1 Å². The number of sulfonamides is 1. The molecular formula is C22H30N2O3S. The van der Waals surface area contributed by atoms with Crippen molar-refractivity contribution < 1.29 is 13.2 Å². The Balaban J connectivity index is 1.83. The van der Waals surface area contributed by atoms with Crippen LogP contribution < -0.4 is 9.46 Å². The van der Waals surface area contributed by atoms with Gasteiger partial charge in [-0.3, -0.25) is 4.90 Å². The van der Waals surface area contributed by atoms with Crippen LogP contribution in [0.5, 0.6) is 5.75 Å². The fourth-order valence-electron chi connectivity index (χ4n) is 3.78. The van der Waals surface area contributed by atoms with Crippen LogP contribution in [-0.2, 0) is 10.0 Å². The molecule has 3 rings (SSSR count). The van der Waals surface area contributed by atoms with Gasteiger partial charge in [-0.25, -0.2) is 13.1 Å². The molecule has 1 atom stereocenters. The molecule has 0 saturated carbocycles. The van der Waals surface area contributed by atoms with E-state index in [-0.39, 0.29) is 6.04 Å². The summed E-state index contributed by atoms with van der Waals surface area (Å²) < 4.78 is 34.1. The third-order valence-corrected chi connectivity index (χ3v) is 7.00. The van der Waals surface area contributed by atoms with Crippen molar-refractivity contribution in [1.82, 2.24) is 9.62 Å². The molecule has 0 radical (unpaired) electrons. The molecule has 2 aromatic rings. The SMILES string of the molecule is COc1ccc([C@@H](CNS(=O)(=O)c2cc(C)ccc2C)N2CCCCC2)cc1. The van der Waals surface area contributed by atoms with Crippen LogP contribution >= 0.6 is 0 Å². The Bertz CT molecular complexity index is 888. The van der Waals surface area contributed by atoms with Crippen molar-refractivity contribution in [3.63, 3.8) is 0 Å². The predicted molar refractivity (Wildman–Crippen MR) is 112 cm³/mol. The summed E-state index contributed by atoms with van der Waals surface area (Å²) in [5, 5.41) is 0. The molecule has 2 aromatic carbocycles. The Hall–Kier alpha value is -1.89. The third kappa shape index (κ3) is 4.93. The number of hydrogen-bond donors (Lipinski definition) is 1. The highest BCUT2D eigenvalue weighted by Crippen LogP contribution is 2.27. The van der Waals surface area contributed by atoms with Crippen molar-refractivity contribution in [2.45, 2.75) is 44.0 Å². The molecule has 152 valence electrons. The first kappa shape index (κ1) is 20.8. The second kappa shape index (κ2) is 9.07. The molecule has 1 heterocycles. The van der Waals surface area contributed by atoms with E-state index in [1.54, 1.807) is 13.2 Å². The van der Waals surface area contributed by atoms with Gasteiger partial charge in [0.25, 0.3) is 0 Å². The summed E-state index contributed by atoms with van der Waals surface area (Å²) >= 11 is 0. The number of ether oxygens (including phenoxy) is 1. The molecule has 1 aliphatic rings. The molecule has 28 heavy (non-hydrogen) atoms. The first-order valence-corrected chi connectivity index (χ1v) is 11.3. The van der Waals surface area contributed by atoms with Gasteiger partial charge in [0.2, 0.25) is 10.0 Å². The minimum absolute atomic E-state index is 0.00564. The van der Waals surface area contributed by atoms with Crippen LogP contribution in [0.25, 0.3) is 0 Å². The van der Waals surface area contributed by atoms with Crippen molar-refractivity contribution in [2.24, 2.45) is 0 Å². The van der Waals surface area contributed by atoms with Crippen molar-refractivity contribution in [3.8, 4) is 5.75 Å². The number of likely N-dealkylation sites (tertiary alicyclic amines) is 1. The summed E-state index contributed by atoms with van der Waals surface area (Å²) in [7, 11) is -1.92. The maximum absolute atomic E-state index is 13.0. The molecule has 0 aromatic heterocycles. The Morgan fingerprint density at radius 1 is 1.04 bits per heavy atom. The summed E-state index contributed by atoms with van der Waals surface area (Å²) in [6.07, 6.45) is 3.53. The zero-order valence-corrected chi connectivity index (χ0v) is 17.8. The first-order valence-electron chi connectivity index (χ1n) is 9.85. The highest BCUT2D eigenvalue weighted by Gasteiger charge is 2.25. The second-order valence-corrected chi connectivity index (χ2v) is 9.24. The average molecular weight is 403 g/mol. The molecule has 0 amide bonds. The smallest absolute Gasteiger partial charge is 0.240 e. The maximum Gasteiger partial charge on any atom is 0.240 e. The number of hydrogen-bond acceptors (Lipinski definition) is 4. The molecule has 1 saturated heterocycles. The minimum atomic E-state index is -3.57. The number of rotatable bonds is 7. The zero-order chi connectivity index (χ0) is 20.1. The number of nitrogens with zero attached hydrogens (tertiary/aromatic N) is 1. The number of nitrogens with one attached hydrogen (secondary N) is 1. The van der Waals surface area contributed by atoms with E-state index in [2.05, 4.69) is 9.62 Å². The summed E-state index contributed by atoms with van der Waals surface area (Å²) in [4.78, 5) is 2.75. The lowest BCUT2D eigenvalue weighted by Gasteiger charge is -2.35. The molecule has 1 N–H and O–H groups in total. The standard InChI is InChI=1S/C22H30N2O3S/c1-17-7-8-18(2)22(15-17)28(25,26)23-16-21(24-13-5-4-6-14-24)19-9-11-20(27-3)12-10-19/h7-12,15,21,23H,4-6,13-14,16H2,1-3H3/t21-/m1/s1. The summed E-state index contributed by atoms with van der Waals surface area (Å²) in [6, 6.07) is 13.5. The normalized spacial score (nSPS) is 16.7. The predicted octanol–water partition coefficient (Wildman–Crippen LogP) is 3.82. The van der Waals surface area contributed by atoms with Crippen molar-refractivity contribution >= 4 is 10.0 Å². The lowest BCUT2D eigenvalue weighted by atomic mass is 10.0. The number of benzene rings is 2. The van der Waals surface area contributed by atoms with Crippen LogP contribution in [0.4, 0.5) is 0 Å². The second-order valence-electron chi connectivity index (χ2n) is 7.51. The summed E-state index contributed by atoms with van der Waals surface area (Å²) in [5.41, 5.74) is 2.80. The lowest BCUT2D eigenvalue weighted by molar-refractivity contribution is 0.164. The van der Waals surface area contributed by atoms with Crippen LogP contribution in [0.1, 0.15) is 42.0 Å². The zero-order valence-electron chi connectivity index (χ0n) is 16.9. The first-order chi connectivity index (χ1) is 13.4. The Morgan fingerprint density at radius 2 is 1.71 bits per heavy atom. The van der Waals surface area contributed by atoms with Gasteiger partial charge < -0.3 is 4.74 Å². The van der Waals surface area contributed by atoms with Gasteiger partial charge in [-0.15, -0.1) is 0 Å². The van der Waals surface area contributed by atoms with E-state index in [1.165, 1.54) is 6.42 Å². The highest BCUT2D eigenvalue weighted by atomic mass is 32.2. The van der Waals surface area contributed by atoms with E-state index in [1.807, 2.05) is 50.2 Å². The van der Waals surface area contributed by atoms with Gasteiger partial charge in [-0.05, 0) is 74.7 Å². The van der Waals surface area contributed by atoms with E-state index < -0.39 is 10.0 Å². The quantitative estimate of drug-likeness (QED) is 0.765. The van der Waals surface area contributed by atoms with Gasteiger partial charge >= 0.3 is 0 Å². The van der Waals surface area contributed by atoms with E-state index in [9.17, 15) is 8.42 Å². The van der Waals surface area contributed by atoms with Gasteiger partial charge in [0.1, 0.15) is 5.75 Å². The largest absolute Gasteiger partial charge is 0.497 e. The van der Waals surface area contributed by atoms with Gasteiger partial charge in [-0.1, -0.05) is 30.7 Å². The Labute approximate surface area is 168 Å². The number of piperidine rings is 1. The number of aryl methyl sites for hydroxylation is 2. The molecular weight excluding hydrogens is 372 g/mol. The van der Waals surface area contributed by atoms with Crippen molar-refractivity contribution in [1.29, 1.82) is 0 Å². The van der Waals surface area contributed by atoms with Gasteiger partial charge in [0, 0.05) is 12.6 Å². The molecule has 1 fully saturated rings. The highest BCUT2D eigenvalue weighted by molar-refractivity contribution is 7.89. The Kier molecular flexibility index (Phi) is 6.75. The van der Waals surface area contributed by atoms with Gasteiger partial charge in [-0.2, -0.15) is 0 Å². The fourth-order valence-corrected chi connectivity index (χ4v) is 5.14. The molecule has 0 bridgehead atoms. The van der Waals surface area contributed by atoms with E-state index in [0.29, 0.717) is 11.4 Å². The molecule has 0 unspecified atom stereocenters. The minimum Gasteiger partial charge on any atom is -0.497 e. The molecule has 0 spiro atoms. The molecule has 5 nitrogen and oxygen atoms in total. The Morgan fingerprint density at radius 3 is 2.36 bits per heavy atom. The molecule has 1 aliphatic heterocycles. The monoisotopic (exact) mass is 402 g/mol. The molecule has 0 aliphatic carbocycles. The summed E-state index contributed by atoms with van der Waals surface area (Å²) in [5.74, 6) is 0.803. The van der Waals surface area contributed by atoms with Crippen LogP contribution in [0.3, 0.4) is 0 Å². The topological polar surface area (TPSA) is 58.6 Å². The van der Waals surface area contributed by atoms with Crippen LogP contribution in [0.15, 0.2) is 47.4 Å². The van der Waals surface area contributed by atoms with Gasteiger partial charge in [0.15, 0.2) is 0 Å². The maximum atomic E-state index is 13.0. The van der Waals surface area contributed by atoms with E-state index >= 15 is 0 Å². The van der Waals surface area contributed by atoms with E-state index in [4.69, 9.17) is 4.74 Å². The molecule has 6 heteroatoms. The fraction of sp³-hybridized carbons (Fsp3) is 0.455. The summed E-state index contributed by atoms with van der Waals surface area (Å²) in [6.45, 7) is 6.07. The average Bonchev–Trinajstić information content (AvgIpc) is 2.71. The van der Waals surface area contributed by atoms with E-state index in [0.717, 1.165) is 48.4 Å². The lowest BCUT2D eigenvalue weighted by Crippen LogP contribution is -2.40. The van der Waals surface area contributed by atoms with Crippen LogP contribution in [0.2, 0.25) is 0 Å². The number of methoxy groups -OCH3 is 1. The third-order valence-electron chi connectivity index (χ3n) is 5.43. The van der Waals surface area contributed by atoms with Gasteiger partial charge in [0.05, 0.1) is 12.0 Å². The van der Waals surface area contributed by atoms with Crippen molar-refractivity contribution in [2.75, 3.05) is 26.7 Å². The van der Waals surface area contributed by atoms with Crippen LogP contribution in [0, 0.1) is 13.8 Å².